The van der Waals surface area contributed by atoms with E-state index in [-0.39, 0.29) is 17.2 Å². The first-order valence-electron chi connectivity index (χ1n) is 8.60. The van der Waals surface area contributed by atoms with E-state index in [4.69, 9.17) is 16.3 Å². The highest BCUT2D eigenvalue weighted by atomic mass is 79.9. The average molecular weight is 472 g/mol. The molecule has 0 spiro atoms. The van der Waals surface area contributed by atoms with E-state index in [2.05, 4.69) is 26.5 Å². The quantitative estimate of drug-likeness (QED) is 0.235. The van der Waals surface area contributed by atoms with Crippen molar-refractivity contribution in [3.8, 4) is 5.75 Å². The molecule has 7 heteroatoms. The number of esters is 1. The Morgan fingerprint density at radius 1 is 1.07 bits per heavy atom. The van der Waals surface area contributed by atoms with E-state index in [1.807, 2.05) is 19.1 Å². The lowest BCUT2D eigenvalue weighted by Gasteiger charge is -2.09. The lowest BCUT2D eigenvalue weighted by atomic mass is 10.1. The fourth-order valence-corrected chi connectivity index (χ4v) is 3.02. The summed E-state index contributed by atoms with van der Waals surface area (Å²) in [6, 6.07) is 18.8. The Balaban J connectivity index is 1.75. The van der Waals surface area contributed by atoms with Crippen molar-refractivity contribution in [3.05, 3.63) is 98.5 Å². The van der Waals surface area contributed by atoms with Crippen LogP contribution >= 0.6 is 27.5 Å². The molecular weight excluding hydrogens is 456 g/mol. The summed E-state index contributed by atoms with van der Waals surface area (Å²) in [5.41, 5.74) is 4.77. The number of hydrogen-bond acceptors (Lipinski definition) is 4. The summed E-state index contributed by atoms with van der Waals surface area (Å²) in [4.78, 5) is 24.6. The third-order valence-corrected chi connectivity index (χ3v) is 4.77. The summed E-state index contributed by atoms with van der Waals surface area (Å²) in [6.45, 7) is 1.94. The second kappa shape index (κ2) is 9.49. The number of nitrogens with one attached hydrogen (secondary N) is 1. The molecule has 0 atom stereocenters. The first-order chi connectivity index (χ1) is 13.9. The maximum Gasteiger partial charge on any atom is 0.345 e. The Bertz CT molecular complexity index is 1080. The van der Waals surface area contributed by atoms with Crippen molar-refractivity contribution in [2.24, 2.45) is 5.10 Å². The number of rotatable bonds is 5. The van der Waals surface area contributed by atoms with Crippen LogP contribution in [-0.4, -0.2) is 18.1 Å². The molecule has 146 valence electrons. The highest BCUT2D eigenvalue weighted by Crippen LogP contribution is 2.24. The molecule has 29 heavy (non-hydrogen) atoms. The number of aryl methyl sites for hydroxylation is 1. The van der Waals surface area contributed by atoms with Gasteiger partial charge in [0, 0.05) is 15.6 Å². The van der Waals surface area contributed by atoms with Crippen LogP contribution in [0.15, 0.2) is 76.3 Å². The second-order valence-electron chi connectivity index (χ2n) is 6.12. The van der Waals surface area contributed by atoms with Gasteiger partial charge >= 0.3 is 5.97 Å². The van der Waals surface area contributed by atoms with Crippen molar-refractivity contribution in [2.75, 3.05) is 0 Å². The molecule has 0 bridgehead atoms. The summed E-state index contributed by atoms with van der Waals surface area (Å²) in [7, 11) is 0. The summed E-state index contributed by atoms with van der Waals surface area (Å²) >= 11 is 9.43. The minimum Gasteiger partial charge on any atom is -0.422 e. The molecule has 0 aliphatic rings. The number of nitrogens with zero attached hydrogens (tertiary/aromatic N) is 1. The van der Waals surface area contributed by atoms with Crippen molar-refractivity contribution in [3.63, 3.8) is 0 Å². The van der Waals surface area contributed by atoms with Crippen LogP contribution in [0.25, 0.3) is 0 Å². The van der Waals surface area contributed by atoms with E-state index in [1.54, 1.807) is 54.6 Å². The number of amides is 1. The molecule has 0 fully saturated rings. The molecule has 5 nitrogen and oxygen atoms in total. The topological polar surface area (TPSA) is 67.8 Å². The second-order valence-corrected chi connectivity index (χ2v) is 7.44. The predicted molar refractivity (Wildman–Crippen MR) is 117 cm³/mol. The Morgan fingerprint density at radius 3 is 2.52 bits per heavy atom. The summed E-state index contributed by atoms with van der Waals surface area (Å²) < 4.78 is 6.24. The van der Waals surface area contributed by atoms with Crippen molar-refractivity contribution < 1.29 is 14.3 Å². The molecule has 3 aromatic carbocycles. The zero-order valence-corrected chi connectivity index (χ0v) is 17.7. The van der Waals surface area contributed by atoms with Gasteiger partial charge in [0.25, 0.3) is 5.91 Å². The number of halogens is 2. The zero-order valence-electron chi connectivity index (χ0n) is 15.4. The molecule has 0 saturated carbocycles. The molecule has 0 heterocycles. The van der Waals surface area contributed by atoms with Gasteiger partial charge in [-0.25, -0.2) is 10.2 Å². The van der Waals surface area contributed by atoms with Gasteiger partial charge in [-0.3, -0.25) is 4.79 Å². The van der Waals surface area contributed by atoms with Gasteiger partial charge in [0.1, 0.15) is 5.75 Å². The number of benzene rings is 3. The van der Waals surface area contributed by atoms with Crippen LogP contribution in [0.1, 0.15) is 31.8 Å². The van der Waals surface area contributed by atoms with Crippen LogP contribution in [0.5, 0.6) is 5.75 Å². The fourth-order valence-electron chi connectivity index (χ4n) is 2.42. The van der Waals surface area contributed by atoms with E-state index >= 15 is 0 Å². The summed E-state index contributed by atoms with van der Waals surface area (Å²) in [6.07, 6.45) is 1.41. The minimum atomic E-state index is -0.587. The zero-order chi connectivity index (χ0) is 20.8. The average Bonchev–Trinajstić information content (AvgIpc) is 2.70. The smallest absolute Gasteiger partial charge is 0.345 e. The molecule has 3 rings (SSSR count). The third kappa shape index (κ3) is 5.53. The number of hydrazone groups is 1. The van der Waals surface area contributed by atoms with E-state index in [0.29, 0.717) is 16.1 Å². The summed E-state index contributed by atoms with van der Waals surface area (Å²) in [5.74, 6) is -0.645. The van der Waals surface area contributed by atoms with Gasteiger partial charge in [0.15, 0.2) is 0 Å². The summed E-state index contributed by atoms with van der Waals surface area (Å²) in [5, 5.41) is 4.28. The van der Waals surface area contributed by atoms with Crippen LogP contribution in [0, 0.1) is 6.92 Å². The van der Waals surface area contributed by atoms with E-state index in [9.17, 15) is 9.59 Å². The van der Waals surface area contributed by atoms with Crippen LogP contribution in [-0.2, 0) is 0 Å². The van der Waals surface area contributed by atoms with Crippen LogP contribution < -0.4 is 10.2 Å². The number of carbonyl (C=O) groups is 2. The molecular formula is C22H16BrClN2O3. The largest absolute Gasteiger partial charge is 0.422 e. The van der Waals surface area contributed by atoms with Crippen molar-refractivity contribution in [1.82, 2.24) is 5.43 Å². The molecule has 1 N–H and O–H groups in total. The molecule has 0 aliphatic heterocycles. The first kappa shape index (κ1) is 20.8. The van der Waals surface area contributed by atoms with E-state index in [1.165, 1.54) is 6.21 Å². The molecule has 0 unspecified atom stereocenters. The van der Waals surface area contributed by atoms with Gasteiger partial charge < -0.3 is 4.74 Å². The van der Waals surface area contributed by atoms with Gasteiger partial charge in [0.2, 0.25) is 0 Å². The molecule has 0 saturated heterocycles. The Hall–Kier alpha value is -2.96. The third-order valence-electron chi connectivity index (χ3n) is 3.95. The molecule has 3 aromatic rings. The van der Waals surface area contributed by atoms with Crippen LogP contribution in [0.2, 0.25) is 5.02 Å². The fraction of sp³-hybridized carbons (Fsp3) is 0.0455. The van der Waals surface area contributed by atoms with Crippen molar-refractivity contribution in [2.45, 2.75) is 6.92 Å². The maximum atomic E-state index is 12.4. The molecule has 0 radical (unpaired) electrons. The van der Waals surface area contributed by atoms with Gasteiger partial charge in [0.05, 0.1) is 16.8 Å². The monoisotopic (exact) mass is 470 g/mol. The lowest BCUT2D eigenvalue weighted by molar-refractivity contribution is 0.0734. The van der Waals surface area contributed by atoms with Gasteiger partial charge in [-0.05, 0) is 49.4 Å². The minimum absolute atomic E-state index is 0.257. The number of ether oxygens (including phenoxy) is 1. The normalized spacial score (nSPS) is 10.7. The Morgan fingerprint density at radius 2 is 1.79 bits per heavy atom. The Kier molecular flexibility index (Phi) is 6.80. The highest BCUT2D eigenvalue weighted by molar-refractivity contribution is 9.10. The first-order valence-corrected chi connectivity index (χ1v) is 9.77. The van der Waals surface area contributed by atoms with Crippen molar-refractivity contribution >= 4 is 45.6 Å². The predicted octanol–water partition coefficient (Wildman–Crippen LogP) is 5.39. The highest BCUT2D eigenvalue weighted by Gasteiger charge is 2.14. The maximum absolute atomic E-state index is 12.4. The SMILES string of the molecule is Cc1ccc(C(=O)N/N=C/c2cc(Br)ccc2OC(=O)c2ccccc2Cl)cc1. The van der Waals surface area contributed by atoms with Crippen molar-refractivity contribution in [1.29, 1.82) is 0 Å². The number of carbonyl (C=O) groups excluding carboxylic acids is 2. The van der Waals surface area contributed by atoms with Gasteiger partial charge in [-0.1, -0.05) is 57.4 Å². The Labute approximate surface area is 181 Å². The molecule has 1 amide bonds. The number of hydrogen-bond donors (Lipinski definition) is 1. The van der Waals surface area contributed by atoms with Crippen LogP contribution in [0.3, 0.4) is 0 Å². The van der Waals surface area contributed by atoms with Crippen LogP contribution in [0.4, 0.5) is 0 Å². The van der Waals surface area contributed by atoms with E-state index < -0.39 is 5.97 Å². The van der Waals surface area contributed by atoms with Gasteiger partial charge in [-0.15, -0.1) is 0 Å². The molecule has 0 aromatic heterocycles. The lowest BCUT2D eigenvalue weighted by Crippen LogP contribution is -2.17. The van der Waals surface area contributed by atoms with E-state index in [0.717, 1.165) is 10.0 Å². The van der Waals surface area contributed by atoms with Gasteiger partial charge in [-0.2, -0.15) is 5.10 Å². The standard InChI is InChI=1S/C22H16BrClN2O3/c1-14-6-8-15(9-7-14)21(27)26-25-13-16-12-17(23)10-11-20(16)29-22(28)18-4-2-3-5-19(18)24/h2-13H,1H3,(H,26,27)/b25-13+. The molecule has 0 aliphatic carbocycles.